The molecule has 1 amide bonds. The minimum Gasteiger partial charge on any atom is -0.468 e. The SMILES string of the molecule is COC(=O)C(c1ccccc1)C1CCCCN1C(=O)OCC1COC(C)(C)O1. The standard InChI is InChI=1S/C21H29NO6/c1-21(2)27-14-16(28-21)13-26-20(24)22-12-8-7-11-17(22)18(19(23)25-3)15-9-5-4-6-10-15/h4-6,9-10,16-18H,7-8,11-14H2,1-3H3. The monoisotopic (exact) mass is 391 g/mol. The number of rotatable bonds is 5. The molecule has 28 heavy (non-hydrogen) atoms. The van der Waals surface area contributed by atoms with Crippen LogP contribution in [0.1, 0.15) is 44.6 Å². The van der Waals surface area contributed by atoms with Crippen molar-refractivity contribution in [2.45, 2.75) is 57.0 Å². The maximum absolute atomic E-state index is 12.8. The maximum atomic E-state index is 12.8. The zero-order valence-corrected chi connectivity index (χ0v) is 16.8. The van der Waals surface area contributed by atoms with E-state index in [1.54, 1.807) is 4.90 Å². The highest BCUT2D eigenvalue weighted by molar-refractivity contribution is 5.80. The van der Waals surface area contributed by atoms with E-state index in [9.17, 15) is 9.59 Å². The first-order valence-corrected chi connectivity index (χ1v) is 9.79. The number of methoxy groups -OCH3 is 1. The first-order chi connectivity index (χ1) is 13.4. The van der Waals surface area contributed by atoms with Gasteiger partial charge in [-0.25, -0.2) is 4.79 Å². The van der Waals surface area contributed by atoms with Crippen LogP contribution in [0.4, 0.5) is 4.79 Å². The molecule has 7 nitrogen and oxygen atoms in total. The fourth-order valence-electron chi connectivity index (χ4n) is 3.93. The second-order valence-corrected chi connectivity index (χ2v) is 7.70. The Hall–Kier alpha value is -2.12. The third kappa shape index (κ3) is 4.83. The van der Waals surface area contributed by atoms with Gasteiger partial charge in [0.15, 0.2) is 5.79 Å². The van der Waals surface area contributed by atoms with Crippen LogP contribution in [0.25, 0.3) is 0 Å². The Morgan fingerprint density at radius 2 is 2.00 bits per heavy atom. The Kier molecular flexibility index (Phi) is 6.57. The van der Waals surface area contributed by atoms with E-state index in [0.29, 0.717) is 13.2 Å². The van der Waals surface area contributed by atoms with E-state index in [1.807, 2.05) is 44.2 Å². The van der Waals surface area contributed by atoms with Crippen molar-refractivity contribution >= 4 is 12.1 Å². The molecule has 0 bridgehead atoms. The normalized spacial score (nSPS) is 25.2. The van der Waals surface area contributed by atoms with Gasteiger partial charge < -0.3 is 23.8 Å². The first kappa shape index (κ1) is 20.6. The van der Waals surface area contributed by atoms with Gasteiger partial charge in [-0.15, -0.1) is 0 Å². The van der Waals surface area contributed by atoms with Gasteiger partial charge in [0.05, 0.1) is 19.8 Å². The van der Waals surface area contributed by atoms with E-state index in [-0.39, 0.29) is 24.7 Å². The van der Waals surface area contributed by atoms with Crippen molar-refractivity contribution in [3.05, 3.63) is 35.9 Å². The average molecular weight is 391 g/mol. The molecule has 0 N–H and O–H groups in total. The summed E-state index contributed by atoms with van der Waals surface area (Å²) in [5, 5.41) is 0. The summed E-state index contributed by atoms with van der Waals surface area (Å²) in [6.45, 7) is 4.72. The highest BCUT2D eigenvalue weighted by Gasteiger charge is 2.40. The number of likely N-dealkylation sites (tertiary alicyclic amines) is 1. The highest BCUT2D eigenvalue weighted by atomic mass is 16.7. The highest BCUT2D eigenvalue weighted by Crippen LogP contribution is 2.32. The van der Waals surface area contributed by atoms with Gasteiger partial charge in [-0.3, -0.25) is 4.79 Å². The molecule has 2 saturated heterocycles. The van der Waals surface area contributed by atoms with Gasteiger partial charge in [-0.05, 0) is 38.7 Å². The molecule has 2 aliphatic rings. The smallest absolute Gasteiger partial charge is 0.410 e. The molecule has 0 radical (unpaired) electrons. The topological polar surface area (TPSA) is 74.3 Å². The molecule has 154 valence electrons. The van der Waals surface area contributed by atoms with Crippen molar-refractivity contribution in [3.63, 3.8) is 0 Å². The third-order valence-corrected chi connectivity index (χ3v) is 5.24. The number of carbonyl (C=O) groups excluding carboxylic acids is 2. The Morgan fingerprint density at radius 3 is 2.64 bits per heavy atom. The second-order valence-electron chi connectivity index (χ2n) is 7.70. The summed E-state index contributed by atoms with van der Waals surface area (Å²) in [4.78, 5) is 27.1. The van der Waals surface area contributed by atoms with Crippen molar-refractivity contribution in [1.29, 1.82) is 0 Å². The van der Waals surface area contributed by atoms with Crippen LogP contribution in [0.2, 0.25) is 0 Å². The molecular formula is C21H29NO6. The predicted molar refractivity (Wildman–Crippen MR) is 102 cm³/mol. The molecule has 0 spiro atoms. The van der Waals surface area contributed by atoms with E-state index in [4.69, 9.17) is 18.9 Å². The number of benzene rings is 1. The predicted octanol–water partition coefficient (Wildman–Crippen LogP) is 3.09. The fourth-order valence-corrected chi connectivity index (χ4v) is 3.93. The van der Waals surface area contributed by atoms with Crippen molar-refractivity contribution in [2.75, 3.05) is 26.9 Å². The summed E-state index contributed by atoms with van der Waals surface area (Å²) in [7, 11) is 1.38. The molecule has 2 heterocycles. The van der Waals surface area contributed by atoms with Gasteiger partial charge in [0.25, 0.3) is 0 Å². The Morgan fingerprint density at radius 1 is 1.25 bits per heavy atom. The van der Waals surface area contributed by atoms with Crippen molar-refractivity contribution in [2.24, 2.45) is 0 Å². The van der Waals surface area contributed by atoms with E-state index in [1.165, 1.54) is 7.11 Å². The lowest BCUT2D eigenvalue weighted by molar-refractivity contribution is -0.146. The number of hydrogen-bond donors (Lipinski definition) is 0. The molecule has 3 rings (SSSR count). The Bertz CT molecular complexity index is 677. The van der Waals surface area contributed by atoms with Gasteiger partial charge in [0.2, 0.25) is 0 Å². The minimum absolute atomic E-state index is 0.125. The van der Waals surface area contributed by atoms with Crippen LogP contribution >= 0.6 is 0 Å². The molecule has 7 heteroatoms. The number of ether oxygens (including phenoxy) is 4. The van der Waals surface area contributed by atoms with Crippen LogP contribution in [-0.4, -0.2) is 61.8 Å². The lowest BCUT2D eigenvalue weighted by Gasteiger charge is -2.38. The molecule has 2 fully saturated rings. The van der Waals surface area contributed by atoms with Gasteiger partial charge in [0, 0.05) is 6.54 Å². The third-order valence-electron chi connectivity index (χ3n) is 5.24. The van der Waals surface area contributed by atoms with Gasteiger partial charge in [0.1, 0.15) is 18.6 Å². The molecule has 3 unspecified atom stereocenters. The number of nitrogens with zero attached hydrogens (tertiary/aromatic N) is 1. The number of esters is 1. The van der Waals surface area contributed by atoms with Crippen LogP contribution in [-0.2, 0) is 23.7 Å². The van der Waals surface area contributed by atoms with Crippen molar-refractivity contribution in [1.82, 2.24) is 4.90 Å². The number of piperidine rings is 1. The number of hydrogen-bond acceptors (Lipinski definition) is 6. The van der Waals surface area contributed by atoms with E-state index in [0.717, 1.165) is 24.8 Å². The summed E-state index contributed by atoms with van der Waals surface area (Å²) in [5.41, 5.74) is 0.841. The second kappa shape index (κ2) is 8.92. The summed E-state index contributed by atoms with van der Waals surface area (Å²) >= 11 is 0. The number of carbonyl (C=O) groups is 2. The van der Waals surface area contributed by atoms with Crippen LogP contribution in [0.3, 0.4) is 0 Å². The zero-order chi connectivity index (χ0) is 20.1. The van der Waals surface area contributed by atoms with Crippen LogP contribution in [0, 0.1) is 0 Å². The van der Waals surface area contributed by atoms with Gasteiger partial charge in [-0.1, -0.05) is 30.3 Å². The van der Waals surface area contributed by atoms with E-state index >= 15 is 0 Å². The molecule has 0 aromatic heterocycles. The summed E-state index contributed by atoms with van der Waals surface area (Å²) in [6.07, 6.45) is 1.84. The number of amides is 1. The zero-order valence-electron chi connectivity index (χ0n) is 16.8. The quantitative estimate of drug-likeness (QED) is 0.718. The largest absolute Gasteiger partial charge is 0.468 e. The fraction of sp³-hybridized carbons (Fsp3) is 0.619. The molecule has 2 aliphatic heterocycles. The molecule has 0 aliphatic carbocycles. The van der Waals surface area contributed by atoms with Crippen LogP contribution in [0.15, 0.2) is 30.3 Å². The minimum atomic E-state index is -0.659. The van der Waals surface area contributed by atoms with Crippen molar-refractivity contribution in [3.8, 4) is 0 Å². The summed E-state index contributed by atoms with van der Waals surface area (Å²) < 4.78 is 21.8. The molecule has 0 saturated carbocycles. The van der Waals surface area contributed by atoms with E-state index < -0.39 is 17.8 Å². The summed E-state index contributed by atoms with van der Waals surface area (Å²) in [5.74, 6) is -1.54. The average Bonchev–Trinajstić information content (AvgIpc) is 3.06. The maximum Gasteiger partial charge on any atom is 0.410 e. The van der Waals surface area contributed by atoms with Gasteiger partial charge >= 0.3 is 12.1 Å². The Labute approximate surface area is 165 Å². The Balaban J connectivity index is 1.71. The van der Waals surface area contributed by atoms with Gasteiger partial charge in [-0.2, -0.15) is 0 Å². The van der Waals surface area contributed by atoms with Crippen LogP contribution in [0.5, 0.6) is 0 Å². The summed E-state index contributed by atoms with van der Waals surface area (Å²) in [6, 6.07) is 9.16. The molecule has 1 aromatic carbocycles. The van der Waals surface area contributed by atoms with Crippen molar-refractivity contribution < 1.29 is 28.5 Å². The van der Waals surface area contributed by atoms with E-state index in [2.05, 4.69) is 0 Å². The molecule has 3 atom stereocenters. The lowest BCUT2D eigenvalue weighted by Crippen LogP contribution is -2.49. The first-order valence-electron chi connectivity index (χ1n) is 9.79. The molecular weight excluding hydrogens is 362 g/mol. The van der Waals surface area contributed by atoms with Crippen LogP contribution < -0.4 is 0 Å². The lowest BCUT2D eigenvalue weighted by atomic mass is 9.85. The molecule has 1 aromatic rings.